The van der Waals surface area contributed by atoms with Crippen molar-refractivity contribution < 1.29 is 0 Å². The number of aryl methyl sites for hydroxylation is 1. The molecule has 84 valence electrons. The van der Waals surface area contributed by atoms with Gasteiger partial charge in [0.15, 0.2) is 0 Å². The molecular formula is C12H12ClIN2. The molecule has 1 aromatic carbocycles. The normalized spacial score (nSPS) is 10.8. The van der Waals surface area contributed by atoms with E-state index in [1.807, 2.05) is 19.1 Å². The van der Waals surface area contributed by atoms with Crippen LogP contribution in [0.4, 0.5) is 5.69 Å². The maximum absolute atomic E-state index is 6.08. The minimum atomic E-state index is 0.752. The predicted molar refractivity (Wildman–Crippen MR) is 78.4 cm³/mol. The van der Waals surface area contributed by atoms with Gasteiger partial charge in [-0.05, 0) is 54.6 Å². The molecule has 0 spiro atoms. The molecule has 2 aromatic rings. The van der Waals surface area contributed by atoms with Crippen molar-refractivity contribution in [3.8, 4) is 0 Å². The number of fused-ring (bicyclic) bond motifs is 1. The smallest absolute Gasteiger partial charge is 0.0860 e. The third-order valence-corrected chi connectivity index (χ3v) is 3.37. The number of anilines is 1. The Morgan fingerprint density at radius 3 is 2.81 bits per heavy atom. The van der Waals surface area contributed by atoms with E-state index in [2.05, 4.69) is 45.9 Å². The molecule has 0 amide bonds. The van der Waals surface area contributed by atoms with Gasteiger partial charge in [-0.3, -0.25) is 4.98 Å². The fourth-order valence-electron chi connectivity index (χ4n) is 1.72. The van der Waals surface area contributed by atoms with E-state index in [0.29, 0.717) is 0 Å². The van der Waals surface area contributed by atoms with Crippen molar-refractivity contribution in [3.05, 3.63) is 32.5 Å². The summed E-state index contributed by atoms with van der Waals surface area (Å²) in [5.41, 5.74) is 3.13. The summed E-state index contributed by atoms with van der Waals surface area (Å²) in [7, 11) is 0. The zero-order valence-corrected chi connectivity index (χ0v) is 12.1. The number of rotatable bonds is 2. The minimum absolute atomic E-state index is 0.752. The zero-order chi connectivity index (χ0) is 11.7. The largest absolute Gasteiger partial charge is 0.385 e. The van der Waals surface area contributed by atoms with Crippen molar-refractivity contribution in [2.45, 2.75) is 13.8 Å². The van der Waals surface area contributed by atoms with Gasteiger partial charge in [0, 0.05) is 31.9 Å². The molecular weight excluding hydrogens is 335 g/mol. The summed E-state index contributed by atoms with van der Waals surface area (Å²) in [5, 5.41) is 5.18. The topological polar surface area (TPSA) is 24.9 Å². The molecule has 0 aliphatic heterocycles. The van der Waals surface area contributed by atoms with Crippen LogP contribution in [-0.4, -0.2) is 11.5 Å². The quantitative estimate of drug-likeness (QED) is 0.823. The van der Waals surface area contributed by atoms with Crippen molar-refractivity contribution in [1.82, 2.24) is 4.98 Å². The van der Waals surface area contributed by atoms with E-state index < -0.39 is 0 Å². The summed E-state index contributed by atoms with van der Waals surface area (Å²) < 4.78 is 1.09. The SMILES string of the molecule is CCNc1cc(C)nc2c(I)cc(Cl)cc12. The fraction of sp³-hybridized carbons (Fsp3) is 0.250. The zero-order valence-electron chi connectivity index (χ0n) is 9.14. The van der Waals surface area contributed by atoms with Gasteiger partial charge >= 0.3 is 0 Å². The molecule has 0 aliphatic carbocycles. The average molecular weight is 347 g/mol. The Hall–Kier alpha value is -0.550. The first-order chi connectivity index (χ1) is 7.61. The molecule has 0 aliphatic rings. The lowest BCUT2D eigenvalue weighted by Crippen LogP contribution is -2.00. The van der Waals surface area contributed by atoms with E-state index in [1.54, 1.807) is 0 Å². The van der Waals surface area contributed by atoms with Gasteiger partial charge < -0.3 is 5.32 Å². The molecule has 16 heavy (non-hydrogen) atoms. The number of pyridine rings is 1. The van der Waals surface area contributed by atoms with Gasteiger partial charge in [-0.2, -0.15) is 0 Å². The van der Waals surface area contributed by atoms with Crippen molar-refractivity contribution in [1.29, 1.82) is 0 Å². The number of hydrogen-bond donors (Lipinski definition) is 1. The molecule has 1 aromatic heterocycles. The number of nitrogens with one attached hydrogen (secondary N) is 1. The van der Waals surface area contributed by atoms with Gasteiger partial charge in [0.2, 0.25) is 0 Å². The second kappa shape index (κ2) is 4.75. The average Bonchev–Trinajstić information content (AvgIpc) is 2.20. The standard InChI is InChI=1S/C12H12ClIN2/c1-3-15-11-4-7(2)16-12-9(11)5-8(13)6-10(12)14/h4-6H,3H2,1-2H3,(H,15,16). The van der Waals surface area contributed by atoms with Gasteiger partial charge in [0.25, 0.3) is 0 Å². The van der Waals surface area contributed by atoms with Crippen molar-refractivity contribution in [2.24, 2.45) is 0 Å². The molecule has 2 nitrogen and oxygen atoms in total. The van der Waals surface area contributed by atoms with Crippen LogP contribution < -0.4 is 5.32 Å². The summed E-state index contributed by atoms with van der Waals surface area (Å²) in [6.45, 7) is 4.98. The molecule has 0 radical (unpaired) electrons. The highest BCUT2D eigenvalue weighted by Crippen LogP contribution is 2.29. The Balaban J connectivity index is 2.78. The van der Waals surface area contributed by atoms with E-state index in [0.717, 1.165) is 37.4 Å². The van der Waals surface area contributed by atoms with Gasteiger partial charge in [0.05, 0.1) is 5.52 Å². The fourth-order valence-corrected chi connectivity index (χ4v) is 2.87. The highest BCUT2D eigenvalue weighted by atomic mass is 127. The maximum atomic E-state index is 6.08. The van der Waals surface area contributed by atoms with Crippen molar-refractivity contribution in [2.75, 3.05) is 11.9 Å². The second-order valence-corrected chi connectivity index (χ2v) is 5.22. The monoisotopic (exact) mass is 346 g/mol. The molecule has 1 heterocycles. The number of halogens is 2. The van der Waals surface area contributed by atoms with E-state index >= 15 is 0 Å². The lowest BCUT2D eigenvalue weighted by Gasteiger charge is -2.10. The first kappa shape index (κ1) is 11.9. The number of nitrogens with zero attached hydrogens (tertiary/aromatic N) is 1. The number of hydrogen-bond acceptors (Lipinski definition) is 2. The predicted octanol–water partition coefficient (Wildman–Crippen LogP) is 4.23. The maximum Gasteiger partial charge on any atom is 0.0860 e. The lowest BCUT2D eigenvalue weighted by atomic mass is 10.1. The number of benzene rings is 1. The molecule has 2 rings (SSSR count). The summed E-state index contributed by atoms with van der Waals surface area (Å²) in [4.78, 5) is 4.55. The van der Waals surface area contributed by atoms with Crippen LogP contribution in [0.15, 0.2) is 18.2 Å². The molecule has 4 heteroatoms. The van der Waals surface area contributed by atoms with Crippen LogP contribution in [0.2, 0.25) is 5.02 Å². The van der Waals surface area contributed by atoms with Gasteiger partial charge in [-0.15, -0.1) is 0 Å². The Morgan fingerprint density at radius 2 is 2.12 bits per heavy atom. The molecule has 1 N–H and O–H groups in total. The summed E-state index contributed by atoms with van der Waals surface area (Å²) >= 11 is 8.35. The lowest BCUT2D eigenvalue weighted by molar-refractivity contribution is 1.19. The molecule has 0 saturated carbocycles. The van der Waals surface area contributed by atoms with Crippen LogP contribution in [0.1, 0.15) is 12.6 Å². The molecule has 0 atom stereocenters. The van der Waals surface area contributed by atoms with E-state index in [-0.39, 0.29) is 0 Å². The van der Waals surface area contributed by atoms with Crippen LogP contribution >= 0.6 is 34.2 Å². The first-order valence-corrected chi connectivity index (χ1v) is 6.57. The molecule has 0 unspecified atom stereocenters. The summed E-state index contributed by atoms with van der Waals surface area (Å²) in [5.74, 6) is 0. The highest BCUT2D eigenvalue weighted by Gasteiger charge is 2.07. The van der Waals surface area contributed by atoms with Crippen LogP contribution in [-0.2, 0) is 0 Å². The van der Waals surface area contributed by atoms with Crippen LogP contribution in [0.5, 0.6) is 0 Å². The first-order valence-electron chi connectivity index (χ1n) is 5.12. The molecule has 0 fully saturated rings. The summed E-state index contributed by atoms with van der Waals surface area (Å²) in [6.07, 6.45) is 0. The minimum Gasteiger partial charge on any atom is -0.385 e. The van der Waals surface area contributed by atoms with Gasteiger partial charge in [-0.1, -0.05) is 11.6 Å². The second-order valence-electron chi connectivity index (χ2n) is 3.63. The van der Waals surface area contributed by atoms with E-state index in [4.69, 9.17) is 11.6 Å². The Morgan fingerprint density at radius 1 is 1.38 bits per heavy atom. The Kier molecular flexibility index (Phi) is 3.54. The van der Waals surface area contributed by atoms with Crippen LogP contribution in [0.25, 0.3) is 10.9 Å². The summed E-state index contributed by atoms with van der Waals surface area (Å²) in [6, 6.07) is 5.95. The Labute approximate surface area is 114 Å². The van der Waals surface area contributed by atoms with Crippen molar-refractivity contribution >= 4 is 50.8 Å². The number of aromatic nitrogens is 1. The Bertz CT molecular complexity index is 540. The van der Waals surface area contributed by atoms with Gasteiger partial charge in [-0.25, -0.2) is 0 Å². The van der Waals surface area contributed by atoms with Gasteiger partial charge in [0.1, 0.15) is 0 Å². The van der Waals surface area contributed by atoms with E-state index in [9.17, 15) is 0 Å². The van der Waals surface area contributed by atoms with Crippen LogP contribution in [0, 0.1) is 10.5 Å². The van der Waals surface area contributed by atoms with E-state index in [1.165, 1.54) is 0 Å². The third-order valence-electron chi connectivity index (χ3n) is 2.33. The van der Waals surface area contributed by atoms with Crippen LogP contribution in [0.3, 0.4) is 0 Å². The molecule has 0 saturated heterocycles. The van der Waals surface area contributed by atoms with Crippen molar-refractivity contribution in [3.63, 3.8) is 0 Å². The third kappa shape index (κ3) is 2.25. The molecule has 0 bridgehead atoms. The highest BCUT2D eigenvalue weighted by molar-refractivity contribution is 14.1.